The molecule has 3 aromatic rings. The second kappa shape index (κ2) is 8.25. The number of halogens is 1. The van der Waals surface area contributed by atoms with Crippen LogP contribution in [0.3, 0.4) is 0 Å². The van der Waals surface area contributed by atoms with E-state index in [2.05, 4.69) is 6.07 Å². The van der Waals surface area contributed by atoms with E-state index in [1.807, 2.05) is 31.2 Å². The average Bonchev–Trinajstić information content (AvgIpc) is 3.45. The monoisotopic (exact) mass is 517 g/mol. The van der Waals surface area contributed by atoms with E-state index >= 15 is 0 Å². The van der Waals surface area contributed by atoms with Crippen LogP contribution in [0.1, 0.15) is 25.3 Å². The predicted octanol–water partition coefficient (Wildman–Crippen LogP) is 3.67. The van der Waals surface area contributed by atoms with Crippen molar-refractivity contribution in [3.05, 3.63) is 75.7 Å². The molecule has 0 N–H and O–H groups in total. The summed E-state index contributed by atoms with van der Waals surface area (Å²) < 4.78 is 13.8. The number of anilines is 1. The molecule has 5 atom stereocenters. The van der Waals surface area contributed by atoms with Crippen LogP contribution in [0.25, 0.3) is 10.8 Å². The first-order valence-corrected chi connectivity index (χ1v) is 12.5. The van der Waals surface area contributed by atoms with E-state index in [-0.39, 0.29) is 30.0 Å². The number of carbonyl (C=O) groups is 2. The largest absolute Gasteiger partial charge is 0.378 e. The molecule has 0 spiro atoms. The van der Waals surface area contributed by atoms with E-state index in [1.165, 1.54) is 21.6 Å². The van der Waals surface area contributed by atoms with Gasteiger partial charge in [0.15, 0.2) is 0 Å². The zero-order valence-electron chi connectivity index (χ0n) is 20.3. The number of benzene rings is 2. The van der Waals surface area contributed by atoms with Crippen LogP contribution in [0, 0.1) is 23.2 Å². The molecule has 3 fully saturated rings. The van der Waals surface area contributed by atoms with Gasteiger partial charge in [0.05, 0.1) is 45.9 Å². The van der Waals surface area contributed by atoms with Crippen molar-refractivity contribution in [2.75, 3.05) is 12.0 Å². The fourth-order valence-corrected chi connectivity index (χ4v) is 6.90. The first kappa shape index (κ1) is 23.9. The Bertz CT molecular complexity index is 1580. The zero-order chi connectivity index (χ0) is 26.1. The van der Waals surface area contributed by atoms with Gasteiger partial charge in [-0.1, -0.05) is 35.9 Å². The van der Waals surface area contributed by atoms with Crippen molar-refractivity contribution in [1.82, 2.24) is 4.57 Å². The SMILES string of the molecule is CO[C@H]1C[C@]2(CCn3cc(Cl)ccc3=O)O[C@]1(C)[C@@H]1C(=O)N(c3ccc(C#N)c4ccccc34)C(=O)C12. The molecule has 3 saturated heterocycles. The molecule has 1 unspecified atom stereocenters. The first-order chi connectivity index (χ1) is 17.7. The van der Waals surface area contributed by atoms with Crippen LogP contribution >= 0.6 is 11.6 Å². The minimum absolute atomic E-state index is 0.209. The van der Waals surface area contributed by atoms with E-state index in [0.717, 1.165) is 0 Å². The highest BCUT2D eigenvalue weighted by atomic mass is 35.5. The van der Waals surface area contributed by atoms with Gasteiger partial charge in [0.2, 0.25) is 11.8 Å². The van der Waals surface area contributed by atoms with Gasteiger partial charge >= 0.3 is 0 Å². The van der Waals surface area contributed by atoms with Crippen molar-refractivity contribution < 1.29 is 19.1 Å². The smallest absolute Gasteiger partial charge is 0.250 e. The lowest BCUT2D eigenvalue weighted by atomic mass is 9.66. The van der Waals surface area contributed by atoms with Gasteiger partial charge in [-0.3, -0.25) is 14.4 Å². The van der Waals surface area contributed by atoms with E-state index in [1.54, 1.807) is 25.4 Å². The molecular weight excluding hydrogens is 494 g/mol. The number of methoxy groups -OCH3 is 1. The molecular formula is C28H24ClN3O5. The molecule has 6 rings (SSSR count). The lowest BCUT2D eigenvalue weighted by Gasteiger charge is -2.35. The molecule has 8 nitrogen and oxygen atoms in total. The van der Waals surface area contributed by atoms with Crippen molar-refractivity contribution in [3.63, 3.8) is 0 Å². The number of rotatable bonds is 5. The van der Waals surface area contributed by atoms with Gasteiger partial charge in [-0.25, -0.2) is 4.90 Å². The number of amides is 2. The van der Waals surface area contributed by atoms with Crippen LogP contribution in [0.15, 0.2) is 59.5 Å². The minimum Gasteiger partial charge on any atom is -0.378 e. The summed E-state index contributed by atoms with van der Waals surface area (Å²) in [7, 11) is 1.58. The second-order valence-electron chi connectivity index (χ2n) is 10.2. The van der Waals surface area contributed by atoms with Gasteiger partial charge in [0.25, 0.3) is 5.56 Å². The first-order valence-electron chi connectivity index (χ1n) is 12.1. The lowest BCUT2D eigenvalue weighted by Crippen LogP contribution is -2.50. The Hall–Kier alpha value is -3.51. The Morgan fingerprint density at radius 2 is 1.81 bits per heavy atom. The number of hydrogen-bond donors (Lipinski definition) is 0. The van der Waals surface area contributed by atoms with Crippen molar-refractivity contribution in [2.24, 2.45) is 11.8 Å². The van der Waals surface area contributed by atoms with Crippen LogP contribution in [-0.2, 0) is 25.6 Å². The maximum absolute atomic E-state index is 14.1. The highest BCUT2D eigenvalue weighted by Gasteiger charge is 2.77. The average molecular weight is 518 g/mol. The quantitative estimate of drug-likeness (QED) is 0.479. The van der Waals surface area contributed by atoms with Crippen molar-refractivity contribution >= 4 is 39.9 Å². The van der Waals surface area contributed by atoms with Crippen molar-refractivity contribution in [1.29, 1.82) is 5.26 Å². The van der Waals surface area contributed by atoms with E-state index < -0.39 is 23.0 Å². The molecule has 0 aliphatic carbocycles. The number of carbonyl (C=O) groups excluding carboxylic acids is 2. The summed E-state index contributed by atoms with van der Waals surface area (Å²) in [6.07, 6.45) is 1.94. The number of hydrogen-bond acceptors (Lipinski definition) is 6. The van der Waals surface area contributed by atoms with Gasteiger partial charge in [0.1, 0.15) is 5.60 Å². The van der Waals surface area contributed by atoms with Gasteiger partial charge in [-0.05, 0) is 31.5 Å². The molecule has 2 aromatic carbocycles. The van der Waals surface area contributed by atoms with Gasteiger partial charge in [-0.2, -0.15) is 5.26 Å². The maximum Gasteiger partial charge on any atom is 0.250 e. The van der Waals surface area contributed by atoms with Gasteiger partial charge in [-0.15, -0.1) is 0 Å². The fraction of sp³-hybridized carbons (Fsp3) is 0.357. The summed E-state index contributed by atoms with van der Waals surface area (Å²) in [4.78, 5) is 41.8. The van der Waals surface area contributed by atoms with Gasteiger partial charge in [0, 0.05) is 43.1 Å². The Morgan fingerprint density at radius 1 is 1.08 bits per heavy atom. The number of nitriles is 1. The van der Waals surface area contributed by atoms with Crippen LogP contribution in [0.2, 0.25) is 5.02 Å². The number of ether oxygens (including phenoxy) is 2. The number of aryl methyl sites for hydroxylation is 1. The molecule has 1 aromatic heterocycles. The van der Waals surface area contributed by atoms with Crippen LogP contribution in [-0.4, -0.2) is 40.8 Å². The summed E-state index contributed by atoms with van der Waals surface area (Å²) in [5.41, 5.74) is -1.26. The zero-order valence-corrected chi connectivity index (χ0v) is 21.1. The highest BCUT2D eigenvalue weighted by Crippen LogP contribution is 2.63. The van der Waals surface area contributed by atoms with E-state index in [4.69, 9.17) is 21.1 Å². The molecule has 2 amide bonds. The van der Waals surface area contributed by atoms with E-state index in [9.17, 15) is 19.6 Å². The normalized spacial score (nSPS) is 30.2. The second-order valence-corrected chi connectivity index (χ2v) is 10.6. The van der Waals surface area contributed by atoms with Crippen LogP contribution < -0.4 is 10.5 Å². The number of nitrogens with zero attached hydrogens (tertiary/aromatic N) is 3. The molecule has 3 aliphatic heterocycles. The summed E-state index contributed by atoms with van der Waals surface area (Å²) in [6, 6.07) is 15.7. The summed E-state index contributed by atoms with van der Waals surface area (Å²) in [5, 5.41) is 11.3. The summed E-state index contributed by atoms with van der Waals surface area (Å²) in [6.45, 7) is 2.11. The standard InChI is InChI=1S/C28H24ClN3O5/c1-27-21(36-2)13-28(37-27,11-12-31-15-17(29)8-10-22(31)33)24-23(27)25(34)32(26(24)35)20-9-7-16(14-30)18-5-3-4-6-19(18)20/h3-10,15,21,23-24H,11-13H2,1-2H3/t21-,23-,24?,27-,28-/m0/s1. The van der Waals surface area contributed by atoms with Crippen LogP contribution in [0.4, 0.5) is 5.69 Å². The fourth-order valence-electron chi connectivity index (χ4n) is 6.72. The summed E-state index contributed by atoms with van der Waals surface area (Å²) >= 11 is 6.11. The van der Waals surface area contributed by atoms with Crippen LogP contribution in [0.5, 0.6) is 0 Å². The third kappa shape index (κ3) is 3.24. The molecule has 37 heavy (non-hydrogen) atoms. The molecule has 0 radical (unpaired) electrons. The van der Waals surface area contributed by atoms with Crippen molar-refractivity contribution in [3.8, 4) is 6.07 Å². The van der Waals surface area contributed by atoms with Crippen molar-refractivity contribution in [2.45, 2.75) is 43.6 Å². The minimum atomic E-state index is -0.997. The Balaban J connectivity index is 1.43. The number of pyridine rings is 1. The third-order valence-electron chi connectivity index (χ3n) is 8.35. The third-order valence-corrected chi connectivity index (χ3v) is 8.58. The lowest BCUT2D eigenvalue weighted by molar-refractivity contribution is -0.135. The molecule has 3 aliphatic rings. The molecule has 2 bridgehead atoms. The molecule has 0 saturated carbocycles. The number of imide groups is 1. The number of fused-ring (bicyclic) bond motifs is 6. The Labute approximate surface area is 217 Å². The summed E-state index contributed by atoms with van der Waals surface area (Å²) in [5.74, 6) is -2.12. The van der Waals surface area contributed by atoms with E-state index in [0.29, 0.717) is 39.9 Å². The topological polar surface area (TPSA) is 102 Å². The molecule has 4 heterocycles. The Morgan fingerprint density at radius 3 is 2.54 bits per heavy atom. The molecule has 188 valence electrons. The van der Waals surface area contributed by atoms with Gasteiger partial charge < -0.3 is 14.0 Å². The molecule has 9 heteroatoms. The number of aromatic nitrogens is 1. The predicted molar refractivity (Wildman–Crippen MR) is 136 cm³/mol. The Kier molecular flexibility index (Phi) is 5.32. The highest BCUT2D eigenvalue weighted by molar-refractivity contribution is 6.30. The maximum atomic E-state index is 14.1.